The Morgan fingerprint density at radius 2 is 2.10 bits per heavy atom. The fourth-order valence-electron chi connectivity index (χ4n) is 2.30. The molecule has 0 bridgehead atoms. The summed E-state index contributed by atoms with van der Waals surface area (Å²) in [5.41, 5.74) is 1.09. The second-order valence-electron chi connectivity index (χ2n) is 5.95. The average Bonchev–Trinajstić information content (AvgIpc) is 2.44. The van der Waals surface area contributed by atoms with Crippen molar-refractivity contribution in [2.24, 2.45) is 10.9 Å². The zero-order valence-electron chi connectivity index (χ0n) is 14.1. The van der Waals surface area contributed by atoms with Crippen molar-refractivity contribution in [2.75, 3.05) is 33.4 Å². The largest absolute Gasteiger partial charge is 0.384 e. The average molecular weight is 295 g/mol. The first kappa shape index (κ1) is 17.7. The van der Waals surface area contributed by atoms with Gasteiger partial charge in [0.2, 0.25) is 5.91 Å². The van der Waals surface area contributed by atoms with Crippen molar-refractivity contribution in [1.29, 1.82) is 0 Å². The monoisotopic (exact) mass is 295 g/mol. The molecule has 0 aliphatic carbocycles. The SMILES string of the molecule is C=C(/N=C(\C)C(C)C)N1CCN(C(=O)CCOC)[C@H](C)C1. The van der Waals surface area contributed by atoms with Gasteiger partial charge in [0, 0.05) is 38.5 Å². The lowest BCUT2D eigenvalue weighted by molar-refractivity contribution is -0.136. The van der Waals surface area contributed by atoms with E-state index in [0.29, 0.717) is 18.9 Å². The van der Waals surface area contributed by atoms with E-state index < -0.39 is 0 Å². The molecular formula is C16H29N3O2. The van der Waals surface area contributed by atoms with Crippen LogP contribution in [0.4, 0.5) is 0 Å². The maximum absolute atomic E-state index is 12.1. The minimum atomic E-state index is 0.163. The van der Waals surface area contributed by atoms with Crippen LogP contribution < -0.4 is 0 Å². The summed E-state index contributed by atoms with van der Waals surface area (Å²) in [6, 6.07) is 0.175. The number of carbonyl (C=O) groups excluding carboxylic acids is 1. The van der Waals surface area contributed by atoms with Gasteiger partial charge in [-0.25, -0.2) is 4.99 Å². The predicted octanol–water partition coefficient (Wildman–Crippen LogP) is 2.14. The van der Waals surface area contributed by atoms with E-state index >= 15 is 0 Å². The molecule has 0 N–H and O–H groups in total. The molecule has 0 aromatic rings. The van der Waals surface area contributed by atoms with Crippen molar-refractivity contribution in [1.82, 2.24) is 9.80 Å². The van der Waals surface area contributed by atoms with Gasteiger partial charge in [0.1, 0.15) is 5.82 Å². The Kier molecular flexibility index (Phi) is 6.89. The van der Waals surface area contributed by atoms with Gasteiger partial charge >= 0.3 is 0 Å². The summed E-state index contributed by atoms with van der Waals surface area (Å²) < 4.78 is 4.97. The molecule has 21 heavy (non-hydrogen) atoms. The molecule has 0 spiro atoms. The van der Waals surface area contributed by atoms with E-state index in [-0.39, 0.29) is 11.9 Å². The van der Waals surface area contributed by atoms with Gasteiger partial charge < -0.3 is 14.5 Å². The summed E-state index contributed by atoms with van der Waals surface area (Å²) in [7, 11) is 1.62. The summed E-state index contributed by atoms with van der Waals surface area (Å²) in [6.45, 7) is 15.2. The number of carbonyl (C=O) groups is 1. The Bertz CT molecular complexity index is 404. The highest BCUT2D eigenvalue weighted by Gasteiger charge is 2.27. The first-order chi connectivity index (χ1) is 9.86. The first-order valence-electron chi connectivity index (χ1n) is 7.64. The topological polar surface area (TPSA) is 45.1 Å². The van der Waals surface area contributed by atoms with Crippen LogP contribution in [0.2, 0.25) is 0 Å². The molecule has 0 unspecified atom stereocenters. The van der Waals surface area contributed by atoms with E-state index in [1.54, 1.807) is 7.11 Å². The number of nitrogens with zero attached hydrogens (tertiary/aromatic N) is 3. The van der Waals surface area contributed by atoms with Crippen molar-refractivity contribution in [3.8, 4) is 0 Å². The molecule has 0 radical (unpaired) electrons. The summed E-state index contributed by atoms with van der Waals surface area (Å²) in [5, 5.41) is 0. The third-order valence-corrected chi connectivity index (χ3v) is 3.97. The Labute approximate surface area is 128 Å². The van der Waals surface area contributed by atoms with Crippen LogP contribution in [0.15, 0.2) is 17.4 Å². The zero-order chi connectivity index (χ0) is 16.0. The highest BCUT2D eigenvalue weighted by molar-refractivity contribution is 5.84. The zero-order valence-corrected chi connectivity index (χ0v) is 14.1. The molecule has 1 saturated heterocycles. The number of rotatable bonds is 6. The van der Waals surface area contributed by atoms with Crippen LogP contribution in [0, 0.1) is 5.92 Å². The lowest BCUT2D eigenvalue weighted by atomic mass is 10.1. The highest BCUT2D eigenvalue weighted by atomic mass is 16.5. The Balaban J connectivity index is 2.58. The Morgan fingerprint density at radius 1 is 1.43 bits per heavy atom. The standard InChI is InChI=1S/C16H29N3O2/c1-12(2)14(4)17-15(5)18-8-9-19(13(3)11-18)16(20)7-10-21-6/h12-13H,5,7-11H2,1-4,6H3/b17-14+/t13-/m1/s1. The van der Waals surface area contributed by atoms with E-state index in [1.807, 2.05) is 11.8 Å². The number of ether oxygens (including phenoxy) is 1. The van der Waals surface area contributed by atoms with Gasteiger partial charge in [-0.05, 0) is 19.8 Å². The number of amides is 1. The molecule has 1 fully saturated rings. The molecule has 1 amide bonds. The van der Waals surface area contributed by atoms with Crippen LogP contribution in [0.3, 0.4) is 0 Å². The summed E-state index contributed by atoms with van der Waals surface area (Å²) in [6.07, 6.45) is 0.451. The molecular weight excluding hydrogens is 266 g/mol. The molecule has 0 aromatic heterocycles. The van der Waals surface area contributed by atoms with Crippen molar-refractivity contribution < 1.29 is 9.53 Å². The number of piperazine rings is 1. The van der Waals surface area contributed by atoms with E-state index in [9.17, 15) is 4.79 Å². The number of aliphatic imine (C=N–C) groups is 1. The number of hydrogen-bond acceptors (Lipinski definition) is 4. The van der Waals surface area contributed by atoms with Gasteiger partial charge in [0.15, 0.2) is 0 Å². The fraction of sp³-hybridized carbons (Fsp3) is 0.750. The van der Waals surface area contributed by atoms with Gasteiger partial charge in [-0.3, -0.25) is 4.79 Å². The number of hydrogen-bond donors (Lipinski definition) is 0. The Morgan fingerprint density at radius 3 is 2.62 bits per heavy atom. The molecule has 5 heteroatoms. The van der Waals surface area contributed by atoms with Crippen molar-refractivity contribution >= 4 is 11.6 Å². The lowest BCUT2D eigenvalue weighted by Gasteiger charge is -2.40. The molecule has 1 atom stereocenters. The number of methoxy groups -OCH3 is 1. The second kappa shape index (κ2) is 8.17. The van der Waals surface area contributed by atoms with E-state index in [1.165, 1.54) is 0 Å². The van der Waals surface area contributed by atoms with Crippen molar-refractivity contribution in [3.63, 3.8) is 0 Å². The van der Waals surface area contributed by atoms with Crippen LogP contribution in [-0.2, 0) is 9.53 Å². The molecule has 0 aromatic carbocycles. The van der Waals surface area contributed by atoms with E-state index in [2.05, 4.69) is 37.2 Å². The molecule has 120 valence electrons. The van der Waals surface area contributed by atoms with Gasteiger partial charge in [-0.15, -0.1) is 0 Å². The van der Waals surface area contributed by atoms with Gasteiger partial charge in [-0.2, -0.15) is 0 Å². The fourth-order valence-corrected chi connectivity index (χ4v) is 2.30. The highest BCUT2D eigenvalue weighted by Crippen LogP contribution is 2.16. The van der Waals surface area contributed by atoms with Crippen LogP contribution in [0.1, 0.15) is 34.1 Å². The predicted molar refractivity (Wildman–Crippen MR) is 86.3 cm³/mol. The van der Waals surface area contributed by atoms with E-state index in [0.717, 1.165) is 31.2 Å². The van der Waals surface area contributed by atoms with Crippen LogP contribution in [0.5, 0.6) is 0 Å². The molecule has 0 saturated carbocycles. The summed E-state index contributed by atoms with van der Waals surface area (Å²) in [4.78, 5) is 20.8. The summed E-state index contributed by atoms with van der Waals surface area (Å²) >= 11 is 0. The van der Waals surface area contributed by atoms with Gasteiger partial charge in [0.05, 0.1) is 13.0 Å². The van der Waals surface area contributed by atoms with Crippen LogP contribution in [-0.4, -0.2) is 60.8 Å². The second-order valence-corrected chi connectivity index (χ2v) is 5.95. The third kappa shape index (κ3) is 5.16. The maximum atomic E-state index is 12.1. The smallest absolute Gasteiger partial charge is 0.225 e. The van der Waals surface area contributed by atoms with Gasteiger partial charge in [-0.1, -0.05) is 20.4 Å². The van der Waals surface area contributed by atoms with Crippen molar-refractivity contribution in [3.05, 3.63) is 12.4 Å². The van der Waals surface area contributed by atoms with Crippen molar-refractivity contribution in [2.45, 2.75) is 40.2 Å². The molecule has 1 heterocycles. The quantitative estimate of drug-likeness (QED) is 0.705. The normalized spacial score (nSPS) is 20.1. The lowest BCUT2D eigenvalue weighted by Crippen LogP contribution is -2.53. The van der Waals surface area contributed by atoms with Gasteiger partial charge in [0.25, 0.3) is 0 Å². The minimum Gasteiger partial charge on any atom is -0.384 e. The minimum absolute atomic E-state index is 0.163. The van der Waals surface area contributed by atoms with Crippen LogP contribution in [0.25, 0.3) is 0 Å². The summed E-state index contributed by atoms with van der Waals surface area (Å²) in [5.74, 6) is 1.39. The Hall–Kier alpha value is -1.36. The first-order valence-corrected chi connectivity index (χ1v) is 7.64. The van der Waals surface area contributed by atoms with E-state index in [4.69, 9.17) is 4.74 Å². The molecule has 1 aliphatic heterocycles. The molecule has 1 rings (SSSR count). The third-order valence-electron chi connectivity index (χ3n) is 3.97. The molecule has 1 aliphatic rings. The maximum Gasteiger partial charge on any atom is 0.225 e. The van der Waals surface area contributed by atoms with Crippen LogP contribution >= 0.6 is 0 Å². The molecule has 5 nitrogen and oxygen atoms in total.